The third-order valence-electron chi connectivity index (χ3n) is 3.76. The smallest absolute Gasteiger partial charge is 0.246 e. The van der Waals surface area contributed by atoms with Crippen LogP contribution in [-0.4, -0.2) is 37.8 Å². The van der Waals surface area contributed by atoms with E-state index in [4.69, 9.17) is 17.3 Å². The second-order valence-electron chi connectivity index (χ2n) is 5.44. The van der Waals surface area contributed by atoms with Crippen molar-refractivity contribution in [2.75, 3.05) is 18.4 Å². The fourth-order valence-electron chi connectivity index (χ4n) is 2.66. The Hall–Kier alpha value is -1.22. The molecule has 1 fully saturated rings. The van der Waals surface area contributed by atoms with E-state index < -0.39 is 26.6 Å². The average molecular weight is 364 g/mol. The van der Waals surface area contributed by atoms with E-state index in [1.165, 1.54) is 11.2 Å². The van der Waals surface area contributed by atoms with Gasteiger partial charge < -0.3 is 11.1 Å². The third kappa shape index (κ3) is 3.82. The van der Waals surface area contributed by atoms with Crippen LogP contribution in [0.2, 0.25) is 5.02 Å². The number of amides is 1. The normalized spacial score (nSPS) is 19.6. The van der Waals surface area contributed by atoms with Gasteiger partial charge in [0.15, 0.2) is 0 Å². The lowest BCUT2D eigenvalue weighted by atomic mass is 10.1. The van der Waals surface area contributed by atoms with Gasteiger partial charge in [-0.25, -0.2) is 12.8 Å². The molecular formula is C14H19ClFN3O3S. The van der Waals surface area contributed by atoms with E-state index in [1.807, 2.05) is 0 Å². The number of anilines is 1. The second kappa shape index (κ2) is 7.12. The number of piperidine rings is 1. The Morgan fingerprint density at radius 3 is 2.78 bits per heavy atom. The fourth-order valence-corrected chi connectivity index (χ4v) is 4.72. The first-order valence-electron chi connectivity index (χ1n) is 7.26. The maximum atomic E-state index is 14.3. The van der Waals surface area contributed by atoms with Crippen LogP contribution >= 0.6 is 11.6 Å². The van der Waals surface area contributed by atoms with Crippen LogP contribution in [0.25, 0.3) is 0 Å². The number of nitrogens with zero attached hydrogens (tertiary/aromatic N) is 1. The summed E-state index contributed by atoms with van der Waals surface area (Å²) >= 11 is 5.97. The van der Waals surface area contributed by atoms with Gasteiger partial charge in [-0.05, 0) is 18.9 Å². The van der Waals surface area contributed by atoms with Crippen molar-refractivity contribution in [1.29, 1.82) is 0 Å². The van der Waals surface area contributed by atoms with Crippen LogP contribution in [0.3, 0.4) is 0 Å². The number of rotatable bonds is 4. The highest BCUT2D eigenvalue weighted by molar-refractivity contribution is 7.89. The largest absolute Gasteiger partial charge is 0.329 e. The molecule has 0 spiro atoms. The highest BCUT2D eigenvalue weighted by atomic mass is 35.5. The zero-order valence-electron chi connectivity index (χ0n) is 12.7. The van der Waals surface area contributed by atoms with Gasteiger partial charge in [0.05, 0.1) is 10.7 Å². The van der Waals surface area contributed by atoms with Gasteiger partial charge in [0.2, 0.25) is 15.9 Å². The molecule has 1 amide bonds. The highest BCUT2D eigenvalue weighted by Crippen LogP contribution is 2.32. The lowest BCUT2D eigenvalue weighted by molar-refractivity contribution is -0.114. The molecule has 9 heteroatoms. The molecule has 0 saturated carbocycles. The lowest BCUT2D eigenvalue weighted by Crippen LogP contribution is -2.47. The molecule has 1 saturated heterocycles. The third-order valence-corrected chi connectivity index (χ3v) is 6.04. The van der Waals surface area contributed by atoms with Gasteiger partial charge in [-0.15, -0.1) is 0 Å². The molecule has 2 rings (SSSR count). The van der Waals surface area contributed by atoms with Crippen LogP contribution in [0, 0.1) is 5.82 Å². The van der Waals surface area contributed by atoms with E-state index in [-0.39, 0.29) is 23.3 Å². The minimum absolute atomic E-state index is 0.0321. The molecule has 0 bridgehead atoms. The lowest BCUT2D eigenvalue weighted by Gasteiger charge is -2.34. The van der Waals surface area contributed by atoms with E-state index in [9.17, 15) is 17.6 Å². The minimum Gasteiger partial charge on any atom is -0.329 e. The molecule has 1 aromatic rings. The molecule has 1 aliphatic heterocycles. The minimum atomic E-state index is -4.04. The molecule has 1 unspecified atom stereocenters. The molecule has 1 aliphatic rings. The van der Waals surface area contributed by atoms with Gasteiger partial charge >= 0.3 is 0 Å². The molecule has 1 atom stereocenters. The Kier molecular flexibility index (Phi) is 5.61. The summed E-state index contributed by atoms with van der Waals surface area (Å²) in [5.41, 5.74) is 5.67. The van der Waals surface area contributed by atoms with E-state index in [0.717, 1.165) is 18.6 Å². The van der Waals surface area contributed by atoms with Crippen molar-refractivity contribution in [2.45, 2.75) is 37.1 Å². The van der Waals surface area contributed by atoms with E-state index in [2.05, 4.69) is 5.32 Å². The van der Waals surface area contributed by atoms with Crippen LogP contribution in [-0.2, 0) is 14.8 Å². The predicted octanol–water partition coefficient (Wildman–Crippen LogP) is 1.94. The highest BCUT2D eigenvalue weighted by Gasteiger charge is 2.35. The summed E-state index contributed by atoms with van der Waals surface area (Å²) in [7, 11) is -4.04. The monoisotopic (exact) mass is 363 g/mol. The van der Waals surface area contributed by atoms with E-state index >= 15 is 0 Å². The number of hydrogen-bond acceptors (Lipinski definition) is 4. The van der Waals surface area contributed by atoms with Crippen LogP contribution in [0.1, 0.15) is 26.2 Å². The SMILES string of the molecule is CC(=O)Nc1cc(F)c(S(=O)(=O)N2CCCCC2CN)cc1Cl. The molecular weight excluding hydrogens is 345 g/mol. The number of sulfonamides is 1. The Morgan fingerprint density at radius 1 is 1.48 bits per heavy atom. The molecule has 1 aromatic carbocycles. The first-order valence-corrected chi connectivity index (χ1v) is 9.07. The van der Waals surface area contributed by atoms with Crippen molar-refractivity contribution in [1.82, 2.24) is 4.31 Å². The van der Waals surface area contributed by atoms with Gasteiger partial charge in [-0.1, -0.05) is 18.0 Å². The Labute approximate surface area is 139 Å². The first-order chi connectivity index (χ1) is 10.8. The Balaban J connectivity index is 2.43. The van der Waals surface area contributed by atoms with Gasteiger partial charge in [0.25, 0.3) is 0 Å². The van der Waals surface area contributed by atoms with Gasteiger partial charge in [0.1, 0.15) is 10.7 Å². The van der Waals surface area contributed by atoms with Gasteiger partial charge in [-0.2, -0.15) is 4.31 Å². The molecule has 128 valence electrons. The van der Waals surface area contributed by atoms with Crippen LogP contribution < -0.4 is 11.1 Å². The summed E-state index contributed by atoms with van der Waals surface area (Å²) in [6.07, 6.45) is 2.24. The summed E-state index contributed by atoms with van der Waals surface area (Å²) in [6.45, 7) is 1.73. The number of nitrogens with two attached hydrogens (primary N) is 1. The number of hydrogen-bond donors (Lipinski definition) is 2. The zero-order valence-corrected chi connectivity index (χ0v) is 14.3. The maximum Gasteiger partial charge on any atom is 0.246 e. The average Bonchev–Trinajstić information content (AvgIpc) is 2.49. The summed E-state index contributed by atoms with van der Waals surface area (Å²) < 4.78 is 41.0. The number of carbonyl (C=O) groups is 1. The summed E-state index contributed by atoms with van der Waals surface area (Å²) in [4.78, 5) is 10.6. The van der Waals surface area contributed by atoms with Crippen molar-refractivity contribution in [3.63, 3.8) is 0 Å². The molecule has 23 heavy (non-hydrogen) atoms. The maximum absolute atomic E-state index is 14.3. The predicted molar refractivity (Wildman–Crippen MR) is 86.3 cm³/mol. The summed E-state index contributed by atoms with van der Waals surface area (Å²) in [5.74, 6) is -1.39. The molecule has 6 nitrogen and oxygen atoms in total. The number of benzene rings is 1. The Bertz CT molecular complexity index is 711. The Morgan fingerprint density at radius 2 is 2.17 bits per heavy atom. The van der Waals surface area contributed by atoms with E-state index in [1.54, 1.807) is 0 Å². The summed E-state index contributed by atoms with van der Waals surface area (Å²) in [5, 5.41) is 2.31. The molecule has 1 heterocycles. The van der Waals surface area contributed by atoms with Crippen molar-refractivity contribution in [3.05, 3.63) is 23.0 Å². The van der Waals surface area contributed by atoms with Crippen molar-refractivity contribution in [3.8, 4) is 0 Å². The van der Waals surface area contributed by atoms with E-state index in [0.29, 0.717) is 19.4 Å². The van der Waals surface area contributed by atoms with Crippen molar-refractivity contribution >= 4 is 33.2 Å². The summed E-state index contributed by atoms with van der Waals surface area (Å²) in [6, 6.07) is 1.60. The molecule has 3 N–H and O–H groups in total. The van der Waals surface area contributed by atoms with Crippen molar-refractivity contribution in [2.24, 2.45) is 5.73 Å². The van der Waals surface area contributed by atoms with Crippen LogP contribution in [0.15, 0.2) is 17.0 Å². The van der Waals surface area contributed by atoms with Crippen LogP contribution in [0.4, 0.5) is 10.1 Å². The topological polar surface area (TPSA) is 92.5 Å². The van der Waals surface area contributed by atoms with Gasteiger partial charge in [-0.3, -0.25) is 4.79 Å². The molecule has 0 aliphatic carbocycles. The van der Waals surface area contributed by atoms with Crippen LogP contribution in [0.5, 0.6) is 0 Å². The second-order valence-corrected chi connectivity index (χ2v) is 7.71. The van der Waals surface area contributed by atoms with Crippen molar-refractivity contribution < 1.29 is 17.6 Å². The molecule has 0 aromatic heterocycles. The first kappa shape index (κ1) is 18.1. The quantitative estimate of drug-likeness (QED) is 0.855. The number of nitrogens with one attached hydrogen (secondary N) is 1. The standard InChI is InChI=1S/C14H19ClFN3O3S/c1-9(20)18-13-7-12(16)14(6-11(13)15)23(21,22)19-5-3-2-4-10(19)8-17/h6-7,10H,2-5,8,17H2,1H3,(H,18,20). The zero-order chi connectivity index (χ0) is 17.2. The molecule has 0 radical (unpaired) electrons. The number of halogens is 2. The number of carbonyl (C=O) groups excluding carboxylic acids is 1. The van der Waals surface area contributed by atoms with Gasteiger partial charge in [0, 0.05) is 32.1 Å². The fraction of sp³-hybridized carbons (Fsp3) is 0.500.